The van der Waals surface area contributed by atoms with Crippen LogP contribution in [0.4, 0.5) is 4.79 Å². The maximum Gasteiger partial charge on any atom is 0.407 e. The zero-order chi connectivity index (χ0) is 24.5. The summed E-state index contributed by atoms with van der Waals surface area (Å²) in [4.78, 5) is 39.5. The third-order valence-electron chi connectivity index (χ3n) is 7.46. The summed E-state index contributed by atoms with van der Waals surface area (Å²) in [6, 6.07) is 15.3. The zero-order valence-corrected chi connectivity index (χ0v) is 19.9. The van der Waals surface area contributed by atoms with Crippen LogP contribution in [0.15, 0.2) is 48.5 Å². The van der Waals surface area contributed by atoms with Crippen LogP contribution < -0.4 is 5.32 Å². The van der Waals surface area contributed by atoms with Gasteiger partial charge in [-0.1, -0.05) is 68.8 Å². The van der Waals surface area contributed by atoms with Crippen LogP contribution in [0.5, 0.6) is 0 Å². The highest BCUT2D eigenvalue weighted by Crippen LogP contribution is 2.44. The van der Waals surface area contributed by atoms with Crippen LogP contribution in [0.1, 0.15) is 57.1 Å². The Balaban J connectivity index is 1.47. The van der Waals surface area contributed by atoms with Gasteiger partial charge < -0.3 is 20.1 Å². The second kappa shape index (κ2) is 9.49. The smallest absolute Gasteiger partial charge is 0.407 e. The van der Waals surface area contributed by atoms with Crippen molar-refractivity contribution in [3.8, 4) is 11.1 Å². The number of nitrogens with zero attached hydrogens (tertiary/aromatic N) is 1. The fourth-order valence-electron chi connectivity index (χ4n) is 5.16. The first-order valence-electron chi connectivity index (χ1n) is 11.9. The molecule has 0 saturated carbocycles. The minimum Gasteiger partial charge on any atom is -0.480 e. The van der Waals surface area contributed by atoms with Crippen molar-refractivity contribution in [1.82, 2.24) is 10.2 Å². The molecule has 0 spiro atoms. The van der Waals surface area contributed by atoms with E-state index in [1.165, 1.54) is 4.90 Å². The molecular formula is C27H32N2O5. The Kier molecular flexibility index (Phi) is 6.64. The van der Waals surface area contributed by atoms with Gasteiger partial charge in [-0.25, -0.2) is 9.59 Å². The van der Waals surface area contributed by atoms with Gasteiger partial charge >= 0.3 is 12.1 Å². The van der Waals surface area contributed by atoms with Gasteiger partial charge in [0.05, 0.1) is 0 Å². The molecule has 180 valence electrons. The molecular weight excluding hydrogens is 432 g/mol. The van der Waals surface area contributed by atoms with E-state index in [-0.39, 0.29) is 24.3 Å². The van der Waals surface area contributed by atoms with Crippen molar-refractivity contribution in [3.63, 3.8) is 0 Å². The Morgan fingerprint density at radius 2 is 1.71 bits per heavy atom. The van der Waals surface area contributed by atoms with E-state index in [1.807, 2.05) is 50.2 Å². The van der Waals surface area contributed by atoms with Crippen molar-refractivity contribution in [2.45, 2.75) is 57.5 Å². The lowest BCUT2D eigenvalue weighted by atomic mass is 9.94. The summed E-state index contributed by atoms with van der Waals surface area (Å²) in [6.07, 6.45) is 0.994. The highest BCUT2D eigenvalue weighted by molar-refractivity contribution is 5.92. The third kappa shape index (κ3) is 4.15. The van der Waals surface area contributed by atoms with Gasteiger partial charge in [0.1, 0.15) is 18.2 Å². The number of carboxylic acids is 1. The van der Waals surface area contributed by atoms with Crippen LogP contribution in [-0.4, -0.2) is 52.7 Å². The Bertz CT molecular complexity index is 1050. The average Bonchev–Trinajstić information content (AvgIpc) is 3.39. The number of alkyl carbamates (subject to hydrolysis) is 1. The number of amides is 2. The molecule has 2 amide bonds. The van der Waals surface area contributed by atoms with Gasteiger partial charge in [-0.3, -0.25) is 4.79 Å². The van der Waals surface area contributed by atoms with E-state index in [2.05, 4.69) is 17.4 Å². The van der Waals surface area contributed by atoms with Crippen molar-refractivity contribution in [3.05, 3.63) is 59.7 Å². The second-order valence-electron chi connectivity index (χ2n) is 9.51. The first-order chi connectivity index (χ1) is 16.3. The van der Waals surface area contributed by atoms with Gasteiger partial charge in [-0.15, -0.1) is 0 Å². The molecule has 1 fully saturated rings. The molecule has 1 saturated heterocycles. The number of benzene rings is 2. The number of aliphatic carboxylic acids is 1. The number of carboxylic acid groups (broad SMARTS) is 1. The molecule has 1 aliphatic heterocycles. The number of rotatable bonds is 7. The summed E-state index contributed by atoms with van der Waals surface area (Å²) in [5, 5.41) is 12.5. The van der Waals surface area contributed by atoms with Gasteiger partial charge in [0.2, 0.25) is 5.91 Å². The highest BCUT2D eigenvalue weighted by Gasteiger charge is 2.48. The topological polar surface area (TPSA) is 95.9 Å². The molecule has 2 N–H and O–H groups in total. The molecule has 4 rings (SSSR count). The molecule has 7 nitrogen and oxygen atoms in total. The van der Waals surface area contributed by atoms with Gasteiger partial charge in [0, 0.05) is 12.5 Å². The zero-order valence-electron chi connectivity index (χ0n) is 19.9. The third-order valence-corrected chi connectivity index (χ3v) is 7.46. The predicted octanol–water partition coefficient (Wildman–Crippen LogP) is 4.41. The van der Waals surface area contributed by atoms with E-state index in [0.717, 1.165) is 22.3 Å². The lowest BCUT2D eigenvalue weighted by Crippen LogP contribution is -2.58. The van der Waals surface area contributed by atoms with Gasteiger partial charge in [-0.05, 0) is 47.9 Å². The number of carbonyl (C=O) groups excluding carboxylic acids is 2. The molecule has 2 aliphatic rings. The summed E-state index contributed by atoms with van der Waals surface area (Å²) in [6.45, 7) is 5.89. The number of hydrogen-bond donors (Lipinski definition) is 2. The average molecular weight is 465 g/mol. The maximum atomic E-state index is 13.4. The monoisotopic (exact) mass is 464 g/mol. The molecule has 0 bridgehead atoms. The normalized spacial score (nSPS) is 20.9. The molecule has 0 radical (unpaired) electrons. The summed E-state index contributed by atoms with van der Waals surface area (Å²) in [5.41, 5.74) is 3.25. The Hall–Kier alpha value is -3.35. The molecule has 2 aromatic carbocycles. The lowest BCUT2D eigenvalue weighted by Gasteiger charge is -2.35. The standard InChI is InChI=1S/C27H32N2O5/c1-4-17(2)23(24(30)29-15-9-14-27(29,3)25(31)32)28-26(33)34-16-22-20-12-7-5-10-18(20)19-11-6-8-13-21(19)22/h5-8,10-13,17,22-23H,4,9,14-16H2,1-3H3,(H,28,33)(H,31,32)/t17?,23?,27-/m1/s1. The molecule has 2 unspecified atom stereocenters. The summed E-state index contributed by atoms with van der Waals surface area (Å²) < 4.78 is 5.64. The van der Waals surface area contributed by atoms with E-state index >= 15 is 0 Å². The quantitative estimate of drug-likeness (QED) is 0.633. The molecule has 2 aromatic rings. The number of ether oxygens (including phenoxy) is 1. The van der Waals surface area contributed by atoms with Crippen LogP contribution in [0.3, 0.4) is 0 Å². The molecule has 1 heterocycles. The van der Waals surface area contributed by atoms with Crippen molar-refractivity contribution in [2.75, 3.05) is 13.2 Å². The SMILES string of the molecule is CCC(C)C(NC(=O)OCC1c2ccccc2-c2ccccc21)C(=O)N1CCC[C@]1(C)C(=O)O. The molecule has 0 aromatic heterocycles. The van der Waals surface area contributed by atoms with Crippen molar-refractivity contribution < 1.29 is 24.2 Å². The second-order valence-corrected chi connectivity index (χ2v) is 9.51. The van der Waals surface area contributed by atoms with Crippen LogP contribution in [-0.2, 0) is 14.3 Å². The highest BCUT2D eigenvalue weighted by atomic mass is 16.5. The Labute approximate surface area is 200 Å². The fraction of sp³-hybridized carbons (Fsp3) is 0.444. The summed E-state index contributed by atoms with van der Waals surface area (Å²) in [7, 11) is 0. The van der Waals surface area contributed by atoms with Crippen molar-refractivity contribution in [2.24, 2.45) is 5.92 Å². The van der Waals surface area contributed by atoms with E-state index in [9.17, 15) is 19.5 Å². The number of fused-ring (bicyclic) bond motifs is 3. The Morgan fingerprint density at radius 3 is 2.26 bits per heavy atom. The lowest BCUT2D eigenvalue weighted by molar-refractivity contribution is -0.156. The molecule has 34 heavy (non-hydrogen) atoms. The predicted molar refractivity (Wildman–Crippen MR) is 128 cm³/mol. The van der Waals surface area contributed by atoms with E-state index in [4.69, 9.17) is 4.74 Å². The molecule has 3 atom stereocenters. The molecule has 1 aliphatic carbocycles. The number of likely N-dealkylation sites (tertiary alicyclic amines) is 1. The fourth-order valence-corrected chi connectivity index (χ4v) is 5.16. The van der Waals surface area contributed by atoms with Crippen LogP contribution >= 0.6 is 0 Å². The van der Waals surface area contributed by atoms with Gasteiger partial charge in [0.25, 0.3) is 0 Å². The van der Waals surface area contributed by atoms with Crippen molar-refractivity contribution >= 4 is 18.0 Å². The van der Waals surface area contributed by atoms with Gasteiger partial charge in [0.15, 0.2) is 0 Å². The van der Waals surface area contributed by atoms with Gasteiger partial charge in [-0.2, -0.15) is 0 Å². The number of hydrogen-bond acceptors (Lipinski definition) is 4. The van der Waals surface area contributed by atoms with Crippen molar-refractivity contribution in [1.29, 1.82) is 0 Å². The first-order valence-corrected chi connectivity index (χ1v) is 11.9. The maximum absolute atomic E-state index is 13.4. The largest absolute Gasteiger partial charge is 0.480 e. The minimum absolute atomic E-state index is 0.0789. The van der Waals surface area contributed by atoms with Crippen LogP contribution in [0.25, 0.3) is 11.1 Å². The minimum atomic E-state index is -1.26. The van der Waals surface area contributed by atoms with Crippen LogP contribution in [0.2, 0.25) is 0 Å². The number of carbonyl (C=O) groups is 3. The van der Waals surface area contributed by atoms with E-state index < -0.39 is 23.6 Å². The van der Waals surface area contributed by atoms with E-state index in [1.54, 1.807) is 6.92 Å². The first kappa shape index (κ1) is 23.8. The summed E-state index contributed by atoms with van der Waals surface area (Å²) >= 11 is 0. The number of nitrogens with one attached hydrogen (secondary N) is 1. The molecule has 7 heteroatoms. The Morgan fingerprint density at radius 1 is 1.12 bits per heavy atom. The summed E-state index contributed by atoms with van der Waals surface area (Å²) in [5.74, 6) is -1.65. The van der Waals surface area contributed by atoms with E-state index in [0.29, 0.717) is 25.8 Å². The van der Waals surface area contributed by atoms with Crippen LogP contribution in [0, 0.1) is 5.92 Å².